The van der Waals surface area contributed by atoms with Gasteiger partial charge >= 0.3 is 0 Å². The first-order valence-electron chi connectivity index (χ1n) is 4.10. The van der Waals surface area contributed by atoms with Crippen molar-refractivity contribution in [1.82, 2.24) is 0 Å². The fourth-order valence-corrected chi connectivity index (χ4v) is 1.23. The largest absolute Gasteiger partial charge is 0.392 e. The van der Waals surface area contributed by atoms with Crippen molar-refractivity contribution in [3.05, 3.63) is 33.8 Å². The molecule has 2 heteroatoms. The van der Waals surface area contributed by atoms with Gasteiger partial charge < -0.3 is 5.11 Å². The van der Waals surface area contributed by atoms with Gasteiger partial charge in [-0.15, -0.1) is 0 Å². The quantitative estimate of drug-likeness (QED) is 0.786. The van der Waals surface area contributed by atoms with Crippen LogP contribution in [0.15, 0.2) is 22.7 Å². The third kappa shape index (κ3) is 2.95. The van der Waals surface area contributed by atoms with Gasteiger partial charge in [-0.3, -0.25) is 0 Å². The van der Waals surface area contributed by atoms with E-state index in [1.807, 2.05) is 39.0 Å². The van der Waals surface area contributed by atoms with E-state index in [1.54, 1.807) is 0 Å². The van der Waals surface area contributed by atoms with Crippen LogP contribution < -0.4 is 0 Å². The molecule has 0 spiro atoms. The predicted octanol–water partition coefficient (Wildman–Crippen LogP) is 3.28. The Labute approximate surface area is 82.6 Å². The van der Waals surface area contributed by atoms with Gasteiger partial charge in [0.25, 0.3) is 0 Å². The minimum atomic E-state index is 0.116. The lowest BCUT2D eigenvalue weighted by Gasteiger charge is -2.02. The number of rotatable bonds is 1. The van der Waals surface area contributed by atoms with Crippen molar-refractivity contribution in [3.8, 4) is 0 Å². The number of hydrogen-bond acceptors (Lipinski definition) is 1. The minimum Gasteiger partial charge on any atom is -0.392 e. The molecule has 12 heavy (non-hydrogen) atoms. The Morgan fingerprint density at radius 3 is 2.33 bits per heavy atom. The summed E-state index contributed by atoms with van der Waals surface area (Å²) in [6.45, 7) is 6.10. The highest BCUT2D eigenvalue weighted by molar-refractivity contribution is 9.10. The van der Waals surface area contributed by atoms with Gasteiger partial charge in [0.1, 0.15) is 0 Å². The van der Waals surface area contributed by atoms with Crippen molar-refractivity contribution in [2.24, 2.45) is 0 Å². The van der Waals surface area contributed by atoms with E-state index >= 15 is 0 Å². The molecule has 0 saturated carbocycles. The van der Waals surface area contributed by atoms with Crippen molar-refractivity contribution in [3.63, 3.8) is 0 Å². The summed E-state index contributed by atoms with van der Waals surface area (Å²) in [5.74, 6) is 0. The second-order valence-electron chi connectivity index (χ2n) is 2.18. The fourth-order valence-electron chi connectivity index (χ4n) is 0.823. The molecule has 1 aromatic rings. The summed E-state index contributed by atoms with van der Waals surface area (Å²) in [4.78, 5) is 0. The molecule has 0 saturated heterocycles. The van der Waals surface area contributed by atoms with Crippen LogP contribution in [0.4, 0.5) is 0 Å². The van der Waals surface area contributed by atoms with Crippen LogP contribution in [0, 0.1) is 6.92 Å². The Balaban J connectivity index is 0.000000561. The first-order chi connectivity index (χ1) is 5.75. The van der Waals surface area contributed by atoms with Crippen LogP contribution in [-0.2, 0) is 6.61 Å². The van der Waals surface area contributed by atoms with Crippen molar-refractivity contribution in [1.29, 1.82) is 0 Å². The van der Waals surface area contributed by atoms with Crippen LogP contribution in [0.2, 0.25) is 0 Å². The minimum absolute atomic E-state index is 0.116. The summed E-state index contributed by atoms with van der Waals surface area (Å²) < 4.78 is 1.05. The Hall–Kier alpha value is -0.340. The number of benzene rings is 1. The molecule has 0 bridgehead atoms. The molecule has 0 unspecified atom stereocenters. The maximum Gasteiger partial charge on any atom is 0.0684 e. The topological polar surface area (TPSA) is 20.2 Å². The molecular weight excluding hydrogens is 216 g/mol. The van der Waals surface area contributed by atoms with Crippen LogP contribution >= 0.6 is 15.9 Å². The summed E-state index contributed by atoms with van der Waals surface area (Å²) >= 11 is 3.38. The van der Waals surface area contributed by atoms with E-state index in [0.29, 0.717) is 0 Å². The highest BCUT2D eigenvalue weighted by atomic mass is 79.9. The van der Waals surface area contributed by atoms with Crippen molar-refractivity contribution >= 4 is 15.9 Å². The van der Waals surface area contributed by atoms with Gasteiger partial charge in [-0.2, -0.15) is 0 Å². The lowest BCUT2D eigenvalue weighted by molar-refractivity contribution is 0.281. The number of aliphatic hydroxyl groups excluding tert-OH is 1. The molecule has 0 heterocycles. The first kappa shape index (κ1) is 11.7. The standard InChI is InChI=1S/C8H9BrO.C2H6/c1-6-7(5-10)3-2-4-8(6)9;1-2/h2-4,10H,5H2,1H3;1-2H3. The summed E-state index contributed by atoms with van der Waals surface area (Å²) in [6, 6.07) is 5.80. The molecule has 1 rings (SSSR count). The summed E-state index contributed by atoms with van der Waals surface area (Å²) in [5.41, 5.74) is 2.10. The molecule has 0 atom stereocenters. The molecule has 1 N–H and O–H groups in total. The van der Waals surface area contributed by atoms with Gasteiger partial charge in [-0.1, -0.05) is 41.9 Å². The van der Waals surface area contributed by atoms with E-state index in [1.165, 1.54) is 0 Å². The Bertz CT molecular complexity index is 233. The summed E-state index contributed by atoms with van der Waals surface area (Å²) in [6.07, 6.45) is 0. The van der Waals surface area contributed by atoms with E-state index in [2.05, 4.69) is 15.9 Å². The van der Waals surface area contributed by atoms with Gasteiger partial charge in [0.15, 0.2) is 0 Å². The Kier molecular flexibility index (Phi) is 6.03. The third-order valence-corrected chi connectivity index (χ3v) is 2.41. The normalized spacial score (nSPS) is 8.75. The zero-order valence-electron chi connectivity index (χ0n) is 7.76. The van der Waals surface area contributed by atoms with E-state index in [0.717, 1.165) is 15.6 Å². The second-order valence-corrected chi connectivity index (χ2v) is 3.04. The van der Waals surface area contributed by atoms with Gasteiger partial charge in [0, 0.05) is 4.47 Å². The monoisotopic (exact) mass is 230 g/mol. The molecule has 1 aromatic carbocycles. The van der Waals surface area contributed by atoms with Gasteiger partial charge in [0.2, 0.25) is 0 Å². The highest BCUT2D eigenvalue weighted by Gasteiger charge is 1.97. The smallest absolute Gasteiger partial charge is 0.0684 e. The number of aliphatic hydroxyl groups is 1. The molecule has 0 amide bonds. The molecule has 0 aliphatic carbocycles. The third-order valence-electron chi connectivity index (χ3n) is 1.55. The fraction of sp³-hybridized carbons (Fsp3) is 0.400. The lowest BCUT2D eigenvalue weighted by atomic mass is 10.1. The van der Waals surface area contributed by atoms with Crippen LogP contribution in [-0.4, -0.2) is 5.11 Å². The number of hydrogen-bond donors (Lipinski definition) is 1. The van der Waals surface area contributed by atoms with Crippen molar-refractivity contribution in [2.45, 2.75) is 27.4 Å². The molecule has 68 valence electrons. The van der Waals surface area contributed by atoms with E-state index < -0.39 is 0 Å². The summed E-state index contributed by atoms with van der Waals surface area (Å²) in [5, 5.41) is 8.82. The average molecular weight is 231 g/mol. The lowest BCUT2D eigenvalue weighted by Crippen LogP contribution is -1.87. The molecule has 0 aromatic heterocycles. The predicted molar refractivity (Wildman–Crippen MR) is 56.1 cm³/mol. The Morgan fingerprint density at radius 2 is 1.92 bits per heavy atom. The van der Waals surface area contributed by atoms with E-state index in [9.17, 15) is 0 Å². The molecule has 1 nitrogen and oxygen atoms in total. The van der Waals surface area contributed by atoms with Crippen LogP contribution in [0.5, 0.6) is 0 Å². The average Bonchev–Trinajstić information content (AvgIpc) is 2.13. The SMILES string of the molecule is CC.Cc1c(Br)cccc1CO. The van der Waals surface area contributed by atoms with E-state index in [4.69, 9.17) is 5.11 Å². The molecule has 0 radical (unpaired) electrons. The van der Waals surface area contributed by atoms with E-state index in [-0.39, 0.29) is 6.61 Å². The second kappa shape index (κ2) is 6.21. The maximum atomic E-state index is 8.82. The van der Waals surface area contributed by atoms with Gasteiger partial charge in [-0.05, 0) is 24.1 Å². The zero-order chi connectivity index (χ0) is 9.56. The van der Waals surface area contributed by atoms with Crippen molar-refractivity contribution < 1.29 is 5.11 Å². The van der Waals surface area contributed by atoms with Crippen LogP contribution in [0.3, 0.4) is 0 Å². The van der Waals surface area contributed by atoms with Gasteiger partial charge in [0.05, 0.1) is 6.61 Å². The number of halogens is 1. The molecular formula is C10H15BrO. The molecule has 0 fully saturated rings. The maximum absolute atomic E-state index is 8.82. The Morgan fingerprint density at radius 1 is 1.33 bits per heavy atom. The summed E-state index contributed by atoms with van der Waals surface area (Å²) in [7, 11) is 0. The molecule has 0 aliphatic rings. The van der Waals surface area contributed by atoms with Crippen LogP contribution in [0.25, 0.3) is 0 Å². The zero-order valence-corrected chi connectivity index (χ0v) is 9.35. The van der Waals surface area contributed by atoms with Gasteiger partial charge in [-0.25, -0.2) is 0 Å². The highest BCUT2D eigenvalue weighted by Crippen LogP contribution is 2.18. The van der Waals surface area contributed by atoms with Crippen LogP contribution in [0.1, 0.15) is 25.0 Å². The molecule has 0 aliphatic heterocycles. The van der Waals surface area contributed by atoms with Crippen molar-refractivity contribution in [2.75, 3.05) is 0 Å². The first-order valence-corrected chi connectivity index (χ1v) is 4.90.